The number of benzene rings is 1. The van der Waals surface area contributed by atoms with Crippen LogP contribution in [0.15, 0.2) is 24.3 Å². The number of carbonyl (C=O) groups is 1. The first-order chi connectivity index (χ1) is 7.15. The maximum absolute atomic E-state index is 10.6. The SMILES string of the molecule is N#CC(=O)NNc1ccccc1[N+](=O)[O-]. The number of nitrogens with zero attached hydrogens (tertiary/aromatic N) is 2. The number of hydrogen-bond acceptors (Lipinski definition) is 5. The van der Waals surface area contributed by atoms with Crippen LogP contribution in [0.1, 0.15) is 0 Å². The number of amides is 1. The number of nitrogens with one attached hydrogen (secondary N) is 2. The minimum atomic E-state index is -0.923. The summed E-state index contributed by atoms with van der Waals surface area (Å²) < 4.78 is 0. The van der Waals surface area contributed by atoms with Crippen molar-refractivity contribution in [1.82, 2.24) is 5.43 Å². The fourth-order valence-electron chi connectivity index (χ4n) is 0.891. The normalized spacial score (nSPS) is 8.73. The number of carbonyl (C=O) groups excluding carboxylic acids is 1. The van der Waals surface area contributed by atoms with Crippen LogP contribution in [0.4, 0.5) is 11.4 Å². The lowest BCUT2D eigenvalue weighted by Crippen LogP contribution is -2.28. The molecule has 0 saturated carbocycles. The van der Waals surface area contributed by atoms with Crippen LogP contribution in [-0.2, 0) is 4.79 Å². The molecule has 2 N–H and O–H groups in total. The van der Waals surface area contributed by atoms with E-state index in [1.54, 1.807) is 6.07 Å². The van der Waals surface area contributed by atoms with Gasteiger partial charge in [0.25, 0.3) is 5.69 Å². The lowest BCUT2D eigenvalue weighted by atomic mass is 10.3. The molecule has 1 aromatic rings. The van der Waals surface area contributed by atoms with Crippen molar-refractivity contribution >= 4 is 17.3 Å². The average molecular weight is 206 g/mol. The molecular formula is C8H6N4O3. The first kappa shape index (κ1) is 10.5. The van der Waals surface area contributed by atoms with Gasteiger partial charge in [0.2, 0.25) is 0 Å². The molecule has 0 aliphatic carbocycles. The molecule has 0 fully saturated rings. The van der Waals surface area contributed by atoms with Crippen molar-refractivity contribution in [3.8, 4) is 6.07 Å². The first-order valence-corrected chi connectivity index (χ1v) is 3.84. The van der Waals surface area contributed by atoms with Crippen LogP contribution in [-0.4, -0.2) is 10.8 Å². The largest absolute Gasteiger partial charge is 0.340 e. The summed E-state index contributed by atoms with van der Waals surface area (Å²) in [7, 11) is 0. The lowest BCUT2D eigenvalue weighted by Gasteiger charge is -2.04. The topological polar surface area (TPSA) is 108 Å². The van der Waals surface area contributed by atoms with Gasteiger partial charge >= 0.3 is 5.91 Å². The van der Waals surface area contributed by atoms with Gasteiger partial charge in [-0.1, -0.05) is 12.1 Å². The summed E-state index contributed by atoms with van der Waals surface area (Å²) >= 11 is 0. The van der Waals surface area contributed by atoms with Gasteiger partial charge in [0.05, 0.1) is 4.92 Å². The molecule has 76 valence electrons. The van der Waals surface area contributed by atoms with E-state index < -0.39 is 10.8 Å². The van der Waals surface area contributed by atoms with Crippen molar-refractivity contribution in [1.29, 1.82) is 5.26 Å². The van der Waals surface area contributed by atoms with Gasteiger partial charge in [0.1, 0.15) is 5.69 Å². The number of nitriles is 1. The summed E-state index contributed by atoms with van der Waals surface area (Å²) in [5.41, 5.74) is 4.20. The van der Waals surface area contributed by atoms with E-state index in [1.807, 2.05) is 5.43 Å². The van der Waals surface area contributed by atoms with E-state index in [1.165, 1.54) is 24.3 Å². The highest BCUT2D eigenvalue weighted by Gasteiger charge is 2.12. The van der Waals surface area contributed by atoms with Crippen molar-refractivity contribution in [3.63, 3.8) is 0 Å². The molecule has 0 saturated heterocycles. The average Bonchev–Trinajstić information content (AvgIpc) is 2.26. The Labute approximate surface area is 84.4 Å². The van der Waals surface area contributed by atoms with Crippen molar-refractivity contribution in [2.24, 2.45) is 0 Å². The molecule has 0 bridgehead atoms. The molecule has 0 heterocycles. The molecule has 1 rings (SSSR count). The molecule has 7 nitrogen and oxygen atoms in total. The van der Waals surface area contributed by atoms with Gasteiger partial charge in [-0.25, -0.2) is 0 Å². The Kier molecular flexibility index (Phi) is 3.19. The van der Waals surface area contributed by atoms with E-state index in [9.17, 15) is 14.9 Å². The Morgan fingerprint density at radius 3 is 2.73 bits per heavy atom. The Bertz CT molecular complexity index is 438. The number of nitro benzene ring substituents is 1. The third-order valence-electron chi connectivity index (χ3n) is 1.51. The zero-order chi connectivity index (χ0) is 11.3. The number of para-hydroxylation sites is 2. The fraction of sp³-hybridized carbons (Fsp3) is 0. The molecule has 0 spiro atoms. The zero-order valence-electron chi connectivity index (χ0n) is 7.43. The van der Waals surface area contributed by atoms with Crippen LogP contribution in [0.5, 0.6) is 0 Å². The van der Waals surface area contributed by atoms with Crippen LogP contribution in [0.3, 0.4) is 0 Å². The predicted molar refractivity (Wildman–Crippen MR) is 50.5 cm³/mol. The highest BCUT2D eigenvalue weighted by atomic mass is 16.6. The summed E-state index contributed by atoms with van der Waals surface area (Å²) in [4.78, 5) is 20.5. The third-order valence-corrected chi connectivity index (χ3v) is 1.51. The Hall–Kier alpha value is -2.62. The summed E-state index contributed by atoms with van der Waals surface area (Å²) in [6, 6.07) is 7.05. The van der Waals surface area contributed by atoms with Crippen LogP contribution < -0.4 is 10.9 Å². The second-order valence-corrected chi connectivity index (χ2v) is 2.47. The van der Waals surface area contributed by atoms with Crippen molar-refractivity contribution in [2.45, 2.75) is 0 Å². The summed E-state index contributed by atoms with van der Waals surface area (Å²) in [6.45, 7) is 0. The van der Waals surface area contributed by atoms with Gasteiger partial charge in [-0.2, -0.15) is 5.26 Å². The predicted octanol–water partition coefficient (Wildman–Crippen LogP) is 0.561. The summed E-state index contributed by atoms with van der Waals surface area (Å²) in [6.07, 6.45) is 0. The molecule has 1 aromatic carbocycles. The molecule has 0 aliphatic heterocycles. The lowest BCUT2D eigenvalue weighted by molar-refractivity contribution is -0.384. The number of anilines is 1. The molecular weight excluding hydrogens is 200 g/mol. The van der Waals surface area contributed by atoms with E-state index >= 15 is 0 Å². The van der Waals surface area contributed by atoms with E-state index in [0.717, 1.165) is 0 Å². The molecule has 0 aliphatic rings. The first-order valence-electron chi connectivity index (χ1n) is 3.84. The van der Waals surface area contributed by atoms with Crippen molar-refractivity contribution in [3.05, 3.63) is 34.4 Å². The maximum atomic E-state index is 10.6. The minimum absolute atomic E-state index is 0.117. The third kappa shape index (κ3) is 2.67. The van der Waals surface area contributed by atoms with E-state index in [2.05, 4.69) is 5.43 Å². The quantitative estimate of drug-likeness (QED) is 0.426. The Morgan fingerprint density at radius 1 is 1.47 bits per heavy atom. The minimum Gasteiger partial charge on any atom is -0.291 e. The second-order valence-electron chi connectivity index (χ2n) is 2.47. The monoisotopic (exact) mass is 206 g/mol. The maximum Gasteiger partial charge on any atom is 0.340 e. The van der Waals surface area contributed by atoms with Gasteiger partial charge in [0, 0.05) is 6.07 Å². The molecule has 1 amide bonds. The summed E-state index contributed by atoms with van der Waals surface area (Å²) in [5.74, 6) is -0.923. The van der Waals surface area contributed by atoms with Crippen molar-refractivity contribution in [2.75, 3.05) is 5.43 Å². The standard InChI is InChI=1S/C8H6N4O3/c9-5-8(13)11-10-6-3-1-2-4-7(6)12(14)15/h1-4,10H,(H,11,13). The fourth-order valence-corrected chi connectivity index (χ4v) is 0.891. The Morgan fingerprint density at radius 2 is 2.13 bits per heavy atom. The molecule has 7 heteroatoms. The smallest absolute Gasteiger partial charge is 0.291 e. The van der Waals surface area contributed by atoms with Crippen LogP contribution in [0.2, 0.25) is 0 Å². The Balaban J connectivity index is 2.81. The second kappa shape index (κ2) is 4.57. The molecule has 0 radical (unpaired) electrons. The highest BCUT2D eigenvalue weighted by molar-refractivity contribution is 5.92. The number of hydrogen-bond donors (Lipinski definition) is 2. The van der Waals surface area contributed by atoms with Crippen molar-refractivity contribution < 1.29 is 9.72 Å². The molecule has 15 heavy (non-hydrogen) atoms. The number of hydrazine groups is 1. The van der Waals surface area contributed by atoms with E-state index in [-0.39, 0.29) is 11.4 Å². The van der Waals surface area contributed by atoms with Gasteiger partial charge in [-0.05, 0) is 6.07 Å². The van der Waals surface area contributed by atoms with Crippen LogP contribution in [0.25, 0.3) is 0 Å². The molecule has 0 atom stereocenters. The van der Waals surface area contributed by atoms with Crippen LogP contribution in [0, 0.1) is 21.4 Å². The van der Waals surface area contributed by atoms with E-state index in [4.69, 9.17) is 5.26 Å². The van der Waals surface area contributed by atoms with Gasteiger partial charge in [-0.3, -0.25) is 25.8 Å². The van der Waals surface area contributed by atoms with E-state index in [0.29, 0.717) is 0 Å². The summed E-state index contributed by atoms with van der Waals surface area (Å²) in [5, 5.41) is 18.7. The highest BCUT2D eigenvalue weighted by Crippen LogP contribution is 2.21. The van der Waals surface area contributed by atoms with Crippen LogP contribution >= 0.6 is 0 Å². The van der Waals surface area contributed by atoms with Gasteiger partial charge in [-0.15, -0.1) is 0 Å². The van der Waals surface area contributed by atoms with Gasteiger partial charge < -0.3 is 0 Å². The zero-order valence-corrected chi connectivity index (χ0v) is 7.43. The molecule has 0 unspecified atom stereocenters. The van der Waals surface area contributed by atoms with Gasteiger partial charge in [0.15, 0.2) is 6.07 Å². The molecule has 0 aromatic heterocycles. The number of rotatable bonds is 3. The number of nitro groups is 1.